The summed E-state index contributed by atoms with van der Waals surface area (Å²) in [6.45, 7) is 4.65. The molecule has 26 heavy (non-hydrogen) atoms. The van der Waals surface area contributed by atoms with Gasteiger partial charge in [0, 0.05) is 18.9 Å². The van der Waals surface area contributed by atoms with Crippen LogP contribution in [0.5, 0.6) is 5.75 Å². The number of aromatic nitrogens is 2. The Balaban J connectivity index is 1.73. The molecule has 0 saturated carbocycles. The fourth-order valence-electron chi connectivity index (χ4n) is 2.70. The maximum absolute atomic E-state index is 12.4. The molecule has 6 heteroatoms. The second-order valence-electron chi connectivity index (χ2n) is 5.99. The van der Waals surface area contributed by atoms with Gasteiger partial charge in [-0.25, -0.2) is 9.97 Å². The standard InChI is InChI=1S/C20H22N4O2/c1-4-21-20-22-11-17(12-23-20)19(25)24-13(2)14-5-6-16-10-18(26-3)8-7-15(16)9-14/h5-13H,4H2,1-3H3,(H,24,25)(H,21,22,23)/t13-/m1/s1. The molecule has 1 aromatic heterocycles. The molecule has 0 unspecified atom stereocenters. The third kappa shape index (κ3) is 3.91. The molecular formula is C20H22N4O2. The SMILES string of the molecule is CCNc1ncc(C(=O)N[C@H](C)c2ccc3cc(OC)ccc3c2)cn1. The lowest BCUT2D eigenvalue weighted by molar-refractivity contribution is 0.0939. The van der Waals surface area contributed by atoms with E-state index in [1.807, 2.05) is 44.2 Å². The number of anilines is 1. The Morgan fingerprint density at radius 2 is 1.81 bits per heavy atom. The highest BCUT2D eigenvalue weighted by Gasteiger charge is 2.13. The van der Waals surface area contributed by atoms with Crippen LogP contribution < -0.4 is 15.4 Å². The van der Waals surface area contributed by atoms with E-state index in [2.05, 4.69) is 26.7 Å². The summed E-state index contributed by atoms with van der Waals surface area (Å²) in [7, 11) is 1.65. The molecule has 0 fully saturated rings. The molecule has 134 valence electrons. The first kappa shape index (κ1) is 17.7. The van der Waals surface area contributed by atoms with E-state index in [1.54, 1.807) is 7.11 Å². The van der Waals surface area contributed by atoms with Crippen molar-refractivity contribution < 1.29 is 9.53 Å². The lowest BCUT2D eigenvalue weighted by Gasteiger charge is -2.15. The number of rotatable bonds is 6. The van der Waals surface area contributed by atoms with Crippen molar-refractivity contribution in [2.24, 2.45) is 0 Å². The zero-order valence-corrected chi connectivity index (χ0v) is 15.1. The number of methoxy groups -OCH3 is 1. The molecule has 0 aliphatic heterocycles. The Kier molecular flexibility index (Phi) is 5.31. The van der Waals surface area contributed by atoms with E-state index in [9.17, 15) is 4.79 Å². The minimum atomic E-state index is -0.199. The molecule has 3 rings (SSSR count). The fraction of sp³-hybridized carbons (Fsp3) is 0.250. The van der Waals surface area contributed by atoms with Crippen LogP contribution in [0.3, 0.4) is 0 Å². The molecule has 3 aromatic rings. The molecule has 0 aliphatic carbocycles. The van der Waals surface area contributed by atoms with E-state index < -0.39 is 0 Å². The van der Waals surface area contributed by atoms with Crippen LogP contribution in [0.15, 0.2) is 48.8 Å². The van der Waals surface area contributed by atoms with Gasteiger partial charge in [0.05, 0.1) is 18.7 Å². The van der Waals surface area contributed by atoms with Gasteiger partial charge in [-0.2, -0.15) is 0 Å². The van der Waals surface area contributed by atoms with Gasteiger partial charge < -0.3 is 15.4 Å². The highest BCUT2D eigenvalue weighted by Crippen LogP contribution is 2.24. The number of benzene rings is 2. The lowest BCUT2D eigenvalue weighted by Crippen LogP contribution is -2.27. The van der Waals surface area contributed by atoms with Crippen molar-refractivity contribution in [2.75, 3.05) is 19.0 Å². The van der Waals surface area contributed by atoms with Gasteiger partial charge >= 0.3 is 0 Å². The van der Waals surface area contributed by atoms with Crippen molar-refractivity contribution in [2.45, 2.75) is 19.9 Å². The smallest absolute Gasteiger partial charge is 0.254 e. The number of nitrogens with zero attached hydrogens (tertiary/aromatic N) is 2. The van der Waals surface area contributed by atoms with Crippen molar-refractivity contribution in [3.05, 3.63) is 59.9 Å². The first-order valence-electron chi connectivity index (χ1n) is 8.55. The van der Waals surface area contributed by atoms with Crippen LogP contribution in [0.4, 0.5) is 5.95 Å². The Bertz CT molecular complexity index is 909. The second kappa shape index (κ2) is 7.82. The molecule has 1 atom stereocenters. The van der Waals surface area contributed by atoms with Crippen molar-refractivity contribution in [1.29, 1.82) is 0 Å². The fourth-order valence-corrected chi connectivity index (χ4v) is 2.70. The largest absolute Gasteiger partial charge is 0.497 e. The molecule has 1 heterocycles. The number of hydrogen-bond donors (Lipinski definition) is 2. The van der Waals surface area contributed by atoms with Gasteiger partial charge in [0.15, 0.2) is 0 Å². The van der Waals surface area contributed by atoms with Crippen LogP contribution in [-0.4, -0.2) is 29.5 Å². The Hall–Kier alpha value is -3.15. The molecule has 2 aromatic carbocycles. The molecule has 0 radical (unpaired) electrons. The molecule has 0 aliphatic rings. The van der Waals surface area contributed by atoms with E-state index in [0.717, 1.165) is 28.6 Å². The summed E-state index contributed by atoms with van der Waals surface area (Å²) in [5, 5.41) is 8.19. The number of fused-ring (bicyclic) bond motifs is 1. The monoisotopic (exact) mass is 350 g/mol. The molecule has 6 nitrogen and oxygen atoms in total. The van der Waals surface area contributed by atoms with Gasteiger partial charge in [-0.1, -0.05) is 18.2 Å². The van der Waals surface area contributed by atoms with Gasteiger partial charge in [0.1, 0.15) is 5.75 Å². The minimum absolute atomic E-state index is 0.137. The average Bonchev–Trinajstić information content (AvgIpc) is 2.67. The molecule has 0 saturated heterocycles. The van der Waals surface area contributed by atoms with Crippen molar-refractivity contribution in [3.63, 3.8) is 0 Å². The summed E-state index contributed by atoms with van der Waals surface area (Å²) in [5.41, 5.74) is 1.46. The second-order valence-corrected chi connectivity index (χ2v) is 5.99. The number of hydrogen-bond acceptors (Lipinski definition) is 5. The average molecular weight is 350 g/mol. The quantitative estimate of drug-likeness (QED) is 0.711. The third-order valence-electron chi connectivity index (χ3n) is 4.17. The predicted octanol–water partition coefficient (Wildman–Crippen LogP) is 3.56. The lowest BCUT2D eigenvalue weighted by atomic mass is 10.0. The summed E-state index contributed by atoms with van der Waals surface area (Å²) < 4.78 is 5.25. The maximum Gasteiger partial charge on any atom is 0.254 e. The van der Waals surface area contributed by atoms with E-state index in [1.165, 1.54) is 12.4 Å². The van der Waals surface area contributed by atoms with E-state index >= 15 is 0 Å². The van der Waals surface area contributed by atoms with Gasteiger partial charge in [-0.05, 0) is 48.4 Å². The molecular weight excluding hydrogens is 328 g/mol. The van der Waals surface area contributed by atoms with Crippen molar-refractivity contribution in [3.8, 4) is 5.75 Å². The Morgan fingerprint density at radius 1 is 1.12 bits per heavy atom. The third-order valence-corrected chi connectivity index (χ3v) is 4.17. The normalized spacial score (nSPS) is 11.8. The van der Waals surface area contributed by atoms with E-state index in [4.69, 9.17) is 4.74 Å². The van der Waals surface area contributed by atoms with Crippen LogP contribution in [0.1, 0.15) is 35.8 Å². The van der Waals surface area contributed by atoms with Crippen LogP contribution in [0.25, 0.3) is 10.8 Å². The van der Waals surface area contributed by atoms with Gasteiger partial charge in [0.2, 0.25) is 5.95 Å². The van der Waals surface area contributed by atoms with Crippen molar-refractivity contribution in [1.82, 2.24) is 15.3 Å². The maximum atomic E-state index is 12.4. The number of carbonyl (C=O) groups is 1. The van der Waals surface area contributed by atoms with Crippen LogP contribution >= 0.6 is 0 Å². The zero-order chi connectivity index (χ0) is 18.5. The molecule has 2 N–H and O–H groups in total. The topological polar surface area (TPSA) is 76.1 Å². The van der Waals surface area contributed by atoms with Crippen LogP contribution in [0.2, 0.25) is 0 Å². The number of ether oxygens (including phenoxy) is 1. The number of nitrogens with one attached hydrogen (secondary N) is 2. The summed E-state index contributed by atoms with van der Waals surface area (Å²) in [5.74, 6) is 1.14. The first-order chi connectivity index (χ1) is 12.6. The zero-order valence-electron chi connectivity index (χ0n) is 15.1. The first-order valence-corrected chi connectivity index (χ1v) is 8.55. The molecule has 0 spiro atoms. The minimum Gasteiger partial charge on any atom is -0.497 e. The number of carbonyl (C=O) groups excluding carboxylic acids is 1. The van der Waals surface area contributed by atoms with E-state index in [0.29, 0.717) is 11.5 Å². The molecule has 1 amide bonds. The van der Waals surface area contributed by atoms with Crippen molar-refractivity contribution >= 4 is 22.6 Å². The van der Waals surface area contributed by atoms with Gasteiger partial charge in [0.25, 0.3) is 5.91 Å². The summed E-state index contributed by atoms with van der Waals surface area (Å²) in [6, 6.07) is 11.9. The summed E-state index contributed by atoms with van der Waals surface area (Å²) in [4.78, 5) is 20.7. The van der Waals surface area contributed by atoms with E-state index in [-0.39, 0.29) is 11.9 Å². The predicted molar refractivity (Wildman–Crippen MR) is 103 cm³/mol. The highest BCUT2D eigenvalue weighted by atomic mass is 16.5. The Morgan fingerprint density at radius 3 is 2.50 bits per heavy atom. The van der Waals surface area contributed by atoms with Gasteiger partial charge in [-0.3, -0.25) is 4.79 Å². The molecule has 0 bridgehead atoms. The number of amides is 1. The van der Waals surface area contributed by atoms with Gasteiger partial charge in [-0.15, -0.1) is 0 Å². The highest BCUT2D eigenvalue weighted by molar-refractivity contribution is 5.94. The Labute approximate surface area is 152 Å². The van der Waals surface area contributed by atoms with Crippen LogP contribution in [-0.2, 0) is 0 Å². The summed E-state index contributed by atoms with van der Waals surface area (Å²) in [6.07, 6.45) is 3.05. The van der Waals surface area contributed by atoms with Crippen LogP contribution in [0, 0.1) is 0 Å². The summed E-state index contributed by atoms with van der Waals surface area (Å²) >= 11 is 0.